The van der Waals surface area contributed by atoms with Crippen LogP contribution in [-0.4, -0.2) is 72.4 Å². The molecule has 4 nitrogen and oxygen atoms in total. The molecule has 4 heteroatoms. The molecule has 3 fully saturated rings. The Morgan fingerprint density at radius 1 is 1.00 bits per heavy atom. The number of aliphatic hydroxyl groups excluding tert-OH is 1. The van der Waals surface area contributed by atoms with Crippen LogP contribution in [0.2, 0.25) is 0 Å². The van der Waals surface area contributed by atoms with Crippen LogP contribution < -0.4 is 5.32 Å². The van der Waals surface area contributed by atoms with Crippen molar-refractivity contribution in [2.45, 2.75) is 82.8 Å². The van der Waals surface area contributed by atoms with Gasteiger partial charge in [0.05, 0.1) is 0 Å². The highest BCUT2D eigenvalue weighted by Gasteiger charge is 2.36. The Kier molecular flexibility index (Phi) is 7.38. The standard InChI is InChI=1S/C20H39N3O/c1-2-18-7-4-6-13-23(18)20-15-21-11-9-17(20)16-22-12-5-3-8-19(22)10-14-24/h17-21,24H,2-16H2,1H3. The van der Waals surface area contributed by atoms with Crippen LogP contribution in [0.1, 0.15) is 64.7 Å². The second kappa shape index (κ2) is 9.51. The van der Waals surface area contributed by atoms with Crippen molar-refractivity contribution in [2.24, 2.45) is 5.92 Å². The molecule has 0 aromatic carbocycles. The normalized spacial score (nSPS) is 36.8. The number of nitrogens with one attached hydrogen (secondary N) is 1. The van der Waals surface area contributed by atoms with Gasteiger partial charge in [-0.15, -0.1) is 0 Å². The van der Waals surface area contributed by atoms with E-state index < -0.39 is 0 Å². The second-order valence-electron chi connectivity index (χ2n) is 8.27. The maximum absolute atomic E-state index is 9.42. The summed E-state index contributed by atoms with van der Waals surface area (Å²) in [7, 11) is 0. The average Bonchev–Trinajstić information content (AvgIpc) is 2.64. The molecule has 3 aliphatic rings. The molecular weight excluding hydrogens is 298 g/mol. The summed E-state index contributed by atoms with van der Waals surface area (Å²) < 4.78 is 0. The summed E-state index contributed by atoms with van der Waals surface area (Å²) in [6, 6.07) is 2.16. The number of rotatable bonds is 6. The molecule has 4 unspecified atom stereocenters. The Bertz CT molecular complexity index is 363. The lowest BCUT2D eigenvalue weighted by Crippen LogP contribution is -2.58. The van der Waals surface area contributed by atoms with Gasteiger partial charge in [0.1, 0.15) is 0 Å². The molecule has 2 N–H and O–H groups in total. The van der Waals surface area contributed by atoms with Crippen LogP contribution in [-0.2, 0) is 0 Å². The molecule has 0 saturated carbocycles. The van der Waals surface area contributed by atoms with Crippen LogP contribution >= 0.6 is 0 Å². The van der Waals surface area contributed by atoms with Crippen LogP contribution in [0.15, 0.2) is 0 Å². The summed E-state index contributed by atoms with van der Waals surface area (Å²) in [5, 5.41) is 13.1. The van der Waals surface area contributed by atoms with Crippen molar-refractivity contribution in [2.75, 3.05) is 39.3 Å². The maximum atomic E-state index is 9.42. The van der Waals surface area contributed by atoms with E-state index >= 15 is 0 Å². The minimum Gasteiger partial charge on any atom is -0.396 e. The van der Waals surface area contributed by atoms with Crippen LogP contribution in [0.25, 0.3) is 0 Å². The molecule has 0 aromatic rings. The first-order valence-electron chi connectivity index (χ1n) is 10.6. The molecule has 3 saturated heterocycles. The summed E-state index contributed by atoms with van der Waals surface area (Å²) in [5.74, 6) is 0.803. The van der Waals surface area contributed by atoms with E-state index in [4.69, 9.17) is 0 Å². The Morgan fingerprint density at radius 3 is 2.58 bits per heavy atom. The topological polar surface area (TPSA) is 38.7 Å². The van der Waals surface area contributed by atoms with E-state index in [9.17, 15) is 5.11 Å². The van der Waals surface area contributed by atoms with E-state index in [-0.39, 0.29) is 0 Å². The van der Waals surface area contributed by atoms with Gasteiger partial charge in [-0.25, -0.2) is 0 Å². The van der Waals surface area contributed by atoms with E-state index in [0.717, 1.165) is 24.4 Å². The highest BCUT2D eigenvalue weighted by molar-refractivity contribution is 4.93. The highest BCUT2D eigenvalue weighted by atomic mass is 16.3. The van der Waals surface area contributed by atoms with E-state index in [1.807, 2.05) is 0 Å². The molecule has 3 aliphatic heterocycles. The molecule has 0 spiro atoms. The lowest BCUT2D eigenvalue weighted by atomic mass is 9.86. The van der Waals surface area contributed by atoms with Gasteiger partial charge in [-0.2, -0.15) is 0 Å². The SMILES string of the molecule is CCC1CCCCN1C1CNCCC1CN1CCCCC1CCO. The number of aliphatic hydroxyl groups is 1. The zero-order valence-electron chi connectivity index (χ0n) is 15.8. The third-order valence-corrected chi connectivity index (χ3v) is 6.84. The fraction of sp³-hybridized carbons (Fsp3) is 1.00. The zero-order chi connectivity index (χ0) is 16.8. The molecule has 0 bridgehead atoms. The first kappa shape index (κ1) is 18.6. The molecule has 24 heavy (non-hydrogen) atoms. The fourth-order valence-electron chi connectivity index (χ4n) is 5.47. The molecular formula is C20H39N3O. The van der Waals surface area contributed by atoms with Crippen molar-refractivity contribution >= 4 is 0 Å². The van der Waals surface area contributed by atoms with E-state index in [1.54, 1.807) is 0 Å². The Balaban J connectivity index is 1.65. The predicted octanol–water partition coefficient (Wildman–Crippen LogP) is 2.47. The summed E-state index contributed by atoms with van der Waals surface area (Å²) in [6.07, 6.45) is 11.8. The van der Waals surface area contributed by atoms with E-state index in [1.165, 1.54) is 84.1 Å². The Morgan fingerprint density at radius 2 is 1.79 bits per heavy atom. The highest BCUT2D eigenvalue weighted by Crippen LogP contribution is 2.30. The van der Waals surface area contributed by atoms with Crippen molar-refractivity contribution in [3.63, 3.8) is 0 Å². The lowest BCUT2D eigenvalue weighted by Gasteiger charge is -2.48. The van der Waals surface area contributed by atoms with Gasteiger partial charge in [0, 0.05) is 37.8 Å². The van der Waals surface area contributed by atoms with Crippen LogP contribution in [0.5, 0.6) is 0 Å². The van der Waals surface area contributed by atoms with Gasteiger partial charge in [-0.05, 0) is 70.5 Å². The average molecular weight is 338 g/mol. The first-order chi connectivity index (χ1) is 11.8. The summed E-state index contributed by atoms with van der Waals surface area (Å²) in [4.78, 5) is 5.60. The third-order valence-electron chi connectivity index (χ3n) is 6.84. The number of hydrogen-bond acceptors (Lipinski definition) is 4. The summed E-state index contributed by atoms with van der Waals surface area (Å²) >= 11 is 0. The van der Waals surface area contributed by atoms with Gasteiger partial charge in [-0.1, -0.05) is 19.8 Å². The Hall–Kier alpha value is -0.160. The smallest absolute Gasteiger partial charge is 0.0445 e. The van der Waals surface area contributed by atoms with Gasteiger partial charge in [0.25, 0.3) is 0 Å². The maximum Gasteiger partial charge on any atom is 0.0445 e. The molecule has 0 aliphatic carbocycles. The molecule has 0 amide bonds. The number of piperidine rings is 3. The molecule has 140 valence electrons. The first-order valence-corrected chi connectivity index (χ1v) is 10.6. The van der Waals surface area contributed by atoms with Crippen molar-refractivity contribution in [1.29, 1.82) is 0 Å². The molecule has 0 aromatic heterocycles. The van der Waals surface area contributed by atoms with E-state index in [2.05, 4.69) is 22.0 Å². The number of nitrogens with zero attached hydrogens (tertiary/aromatic N) is 2. The Labute approximate surface area is 149 Å². The van der Waals surface area contributed by atoms with Crippen molar-refractivity contribution < 1.29 is 5.11 Å². The van der Waals surface area contributed by atoms with Crippen LogP contribution in [0.4, 0.5) is 0 Å². The minimum absolute atomic E-state index is 0.348. The van der Waals surface area contributed by atoms with Crippen molar-refractivity contribution in [3.05, 3.63) is 0 Å². The zero-order valence-corrected chi connectivity index (χ0v) is 15.8. The van der Waals surface area contributed by atoms with Gasteiger partial charge in [0.15, 0.2) is 0 Å². The van der Waals surface area contributed by atoms with E-state index in [0.29, 0.717) is 12.6 Å². The van der Waals surface area contributed by atoms with Gasteiger partial charge < -0.3 is 10.4 Å². The molecule has 3 rings (SSSR count). The minimum atomic E-state index is 0.348. The van der Waals surface area contributed by atoms with Gasteiger partial charge in [-0.3, -0.25) is 9.80 Å². The fourth-order valence-corrected chi connectivity index (χ4v) is 5.47. The molecule has 0 radical (unpaired) electrons. The van der Waals surface area contributed by atoms with Gasteiger partial charge in [0.2, 0.25) is 0 Å². The third kappa shape index (κ3) is 4.51. The quantitative estimate of drug-likeness (QED) is 0.781. The molecule has 3 heterocycles. The molecule has 4 atom stereocenters. The van der Waals surface area contributed by atoms with Gasteiger partial charge >= 0.3 is 0 Å². The van der Waals surface area contributed by atoms with Crippen molar-refractivity contribution in [3.8, 4) is 0 Å². The summed E-state index contributed by atoms with van der Waals surface area (Å²) in [6.45, 7) is 8.89. The largest absolute Gasteiger partial charge is 0.396 e. The summed E-state index contributed by atoms with van der Waals surface area (Å²) in [5.41, 5.74) is 0. The van der Waals surface area contributed by atoms with Crippen LogP contribution in [0.3, 0.4) is 0 Å². The monoisotopic (exact) mass is 337 g/mol. The lowest BCUT2D eigenvalue weighted by molar-refractivity contribution is 0.0164. The van der Waals surface area contributed by atoms with Crippen LogP contribution in [0, 0.1) is 5.92 Å². The van der Waals surface area contributed by atoms with Crippen molar-refractivity contribution in [1.82, 2.24) is 15.1 Å². The number of likely N-dealkylation sites (tertiary alicyclic amines) is 2. The second-order valence-corrected chi connectivity index (χ2v) is 8.27. The predicted molar refractivity (Wildman–Crippen MR) is 100 cm³/mol. The number of hydrogen-bond donors (Lipinski definition) is 2.